The fourth-order valence-electron chi connectivity index (χ4n) is 3.51. The molecule has 2 aromatic rings. The Morgan fingerprint density at radius 3 is 2.26 bits per heavy atom. The molecule has 3 heterocycles. The molecule has 1 aliphatic rings. The molecule has 3 rings (SSSR count). The highest BCUT2D eigenvalue weighted by Crippen LogP contribution is 2.46. The van der Waals surface area contributed by atoms with Crippen molar-refractivity contribution in [2.24, 2.45) is 0 Å². The third-order valence-corrected chi connectivity index (χ3v) is 16.9. The van der Waals surface area contributed by atoms with Crippen molar-refractivity contribution in [1.29, 1.82) is 5.26 Å². The van der Waals surface area contributed by atoms with Crippen LogP contribution in [-0.4, -0.2) is 54.5 Å². The van der Waals surface area contributed by atoms with Gasteiger partial charge in [0.15, 0.2) is 28.1 Å². The van der Waals surface area contributed by atoms with Crippen LogP contribution >= 0.6 is 0 Å². The van der Waals surface area contributed by atoms with Crippen LogP contribution in [0.25, 0.3) is 11.2 Å². The normalized spacial score (nSPS) is 24.1. The number of nitriles is 1. The first-order valence-corrected chi connectivity index (χ1v) is 17.8. The topological polar surface area (TPSA) is 147 Å². The molecule has 12 heteroatoms. The van der Waals surface area contributed by atoms with E-state index >= 15 is 0 Å². The van der Waals surface area contributed by atoms with E-state index in [1.165, 1.54) is 0 Å². The van der Waals surface area contributed by atoms with Gasteiger partial charge in [0.25, 0.3) is 0 Å². The molecule has 0 aromatic carbocycles. The molecule has 10 nitrogen and oxygen atoms in total. The van der Waals surface area contributed by atoms with Gasteiger partial charge in [0.2, 0.25) is 11.5 Å². The smallest absolute Gasteiger partial charge is 0.224 e. The van der Waals surface area contributed by atoms with Crippen LogP contribution in [0.1, 0.15) is 54.2 Å². The molecule has 0 saturated carbocycles. The van der Waals surface area contributed by atoms with Gasteiger partial charge in [-0.25, -0.2) is 4.98 Å². The third kappa shape index (κ3) is 5.10. The van der Waals surface area contributed by atoms with Crippen molar-refractivity contribution < 1.29 is 13.6 Å². The molecule has 0 aliphatic carbocycles. The van der Waals surface area contributed by atoms with Crippen molar-refractivity contribution in [1.82, 2.24) is 19.5 Å². The molecule has 3 atom stereocenters. The lowest BCUT2D eigenvalue weighted by Gasteiger charge is -2.42. The fraction of sp³-hybridized carbons (Fsp3) is 0.739. The molecule has 0 amide bonds. The van der Waals surface area contributed by atoms with Crippen LogP contribution < -0.4 is 11.5 Å². The maximum atomic E-state index is 10.5. The second kappa shape index (κ2) is 8.81. The van der Waals surface area contributed by atoms with Gasteiger partial charge in [-0.2, -0.15) is 15.2 Å². The number of aromatic nitrogens is 4. The van der Waals surface area contributed by atoms with E-state index < -0.39 is 34.6 Å². The summed E-state index contributed by atoms with van der Waals surface area (Å²) in [7, 11) is -4.39. The number of ether oxygens (including phenoxy) is 1. The zero-order chi connectivity index (χ0) is 26.6. The number of nitrogens with two attached hydrogens (primary N) is 2. The predicted octanol–water partition coefficient (Wildman–Crippen LogP) is 4.58. The lowest BCUT2D eigenvalue weighted by atomic mass is 10.00. The molecule has 1 saturated heterocycles. The van der Waals surface area contributed by atoms with E-state index in [1.54, 1.807) is 10.9 Å². The van der Waals surface area contributed by atoms with E-state index in [-0.39, 0.29) is 28.4 Å². The van der Waals surface area contributed by atoms with Gasteiger partial charge < -0.3 is 25.1 Å². The van der Waals surface area contributed by atoms with Crippen LogP contribution in [0, 0.1) is 11.3 Å². The Kier molecular flexibility index (Phi) is 6.93. The average Bonchev–Trinajstić information content (AvgIpc) is 3.26. The van der Waals surface area contributed by atoms with Crippen LogP contribution in [0.3, 0.4) is 0 Å². The summed E-state index contributed by atoms with van der Waals surface area (Å²) < 4.78 is 21.6. The fourth-order valence-corrected chi connectivity index (χ4v) is 5.87. The molecular weight excluding hydrogens is 478 g/mol. The minimum Gasteiger partial charge on any atom is -0.413 e. The highest BCUT2D eigenvalue weighted by Gasteiger charge is 2.55. The Labute approximate surface area is 210 Å². The largest absolute Gasteiger partial charge is 0.413 e. The van der Waals surface area contributed by atoms with Gasteiger partial charge in [0.05, 0.1) is 19.0 Å². The molecule has 1 fully saturated rings. The number of rotatable bonds is 6. The summed E-state index contributed by atoms with van der Waals surface area (Å²) in [6.07, 6.45) is 1.00. The van der Waals surface area contributed by atoms with Gasteiger partial charge in [0, 0.05) is 6.42 Å². The number of hydrogen-bond donors (Lipinski definition) is 2. The first kappa shape index (κ1) is 27.5. The molecular formula is C23H41N7O3Si2. The average molecular weight is 520 g/mol. The first-order chi connectivity index (χ1) is 15.8. The van der Waals surface area contributed by atoms with Crippen molar-refractivity contribution in [3.05, 3.63) is 6.33 Å². The van der Waals surface area contributed by atoms with Crippen molar-refractivity contribution in [3.63, 3.8) is 0 Å². The Morgan fingerprint density at radius 2 is 1.71 bits per heavy atom. The van der Waals surface area contributed by atoms with Crippen LogP contribution in [0.2, 0.25) is 36.3 Å². The van der Waals surface area contributed by atoms with Crippen LogP contribution in [-0.2, 0) is 13.6 Å². The molecule has 1 aliphatic heterocycles. The summed E-state index contributed by atoms with van der Waals surface area (Å²) in [6, 6.07) is 2.44. The van der Waals surface area contributed by atoms with Crippen LogP contribution in [0.4, 0.5) is 11.8 Å². The zero-order valence-corrected chi connectivity index (χ0v) is 24.8. The Balaban J connectivity index is 2.03. The number of nitrogens with zero attached hydrogens (tertiary/aromatic N) is 5. The van der Waals surface area contributed by atoms with Crippen LogP contribution in [0.5, 0.6) is 0 Å². The highest BCUT2D eigenvalue weighted by atomic mass is 28.4. The minimum absolute atomic E-state index is 0.00996. The van der Waals surface area contributed by atoms with Crippen molar-refractivity contribution >= 4 is 39.6 Å². The van der Waals surface area contributed by atoms with Gasteiger partial charge in [-0.1, -0.05) is 41.5 Å². The van der Waals surface area contributed by atoms with Crippen molar-refractivity contribution in [2.45, 2.75) is 102 Å². The Morgan fingerprint density at radius 1 is 1.11 bits per heavy atom. The summed E-state index contributed by atoms with van der Waals surface area (Å²) >= 11 is 0. The minimum atomic E-state index is -2.24. The predicted molar refractivity (Wildman–Crippen MR) is 142 cm³/mol. The Bertz CT molecular complexity index is 1130. The number of anilines is 2. The zero-order valence-electron chi connectivity index (χ0n) is 22.8. The molecule has 0 bridgehead atoms. The van der Waals surface area contributed by atoms with Crippen molar-refractivity contribution in [3.8, 4) is 6.07 Å². The van der Waals surface area contributed by atoms with Gasteiger partial charge in [0.1, 0.15) is 17.8 Å². The molecule has 0 unspecified atom stereocenters. The highest BCUT2D eigenvalue weighted by molar-refractivity contribution is 6.74. The summed E-state index contributed by atoms with van der Waals surface area (Å²) in [5.41, 5.74) is 11.5. The number of fused-ring (bicyclic) bond motifs is 1. The quantitative estimate of drug-likeness (QED) is 0.523. The van der Waals surface area contributed by atoms with Crippen LogP contribution in [0.15, 0.2) is 6.33 Å². The third-order valence-electron chi connectivity index (χ3n) is 7.94. The van der Waals surface area contributed by atoms with Gasteiger partial charge in [-0.15, -0.1) is 0 Å². The summed E-state index contributed by atoms with van der Waals surface area (Å²) in [4.78, 5) is 12.7. The van der Waals surface area contributed by atoms with E-state index in [0.717, 1.165) is 0 Å². The summed E-state index contributed by atoms with van der Waals surface area (Å²) in [5.74, 6) is 0.253. The van der Waals surface area contributed by atoms with Gasteiger partial charge in [-0.05, 0) is 36.3 Å². The van der Waals surface area contributed by atoms with Gasteiger partial charge >= 0.3 is 0 Å². The van der Waals surface area contributed by atoms with Gasteiger partial charge in [-0.3, -0.25) is 4.57 Å². The maximum absolute atomic E-state index is 10.5. The van der Waals surface area contributed by atoms with E-state index in [4.69, 9.17) is 25.1 Å². The maximum Gasteiger partial charge on any atom is 0.224 e. The summed E-state index contributed by atoms with van der Waals surface area (Å²) in [6.45, 7) is 21.9. The molecule has 194 valence electrons. The lowest BCUT2D eigenvalue weighted by molar-refractivity contribution is -0.0851. The van der Waals surface area contributed by atoms with E-state index in [9.17, 15) is 5.26 Å². The number of hydrogen-bond acceptors (Lipinski definition) is 9. The molecule has 35 heavy (non-hydrogen) atoms. The van der Waals surface area contributed by atoms with Crippen molar-refractivity contribution in [2.75, 3.05) is 18.1 Å². The second-order valence-corrected chi connectivity index (χ2v) is 22.1. The number of nitrogen functional groups attached to an aromatic ring is 2. The second-order valence-electron chi connectivity index (χ2n) is 12.5. The summed E-state index contributed by atoms with van der Waals surface area (Å²) in [5, 5.41) is 10.5. The lowest BCUT2D eigenvalue weighted by Crippen LogP contribution is -2.54. The number of imidazole rings is 1. The molecule has 0 radical (unpaired) electrons. The standard InChI is InChI=1S/C23H41N7O3Si2/c1-21(2,3)34(7,8)31-13-23(12-24)15(33-35(9,10)22(4,5)6)11-16(32-23)30-14-27-17-18(25)28-20(26)29-19(17)30/h14-16H,11,13H2,1-10H3,(H4,25,26,28,29)/t15-,16+,23+/m1/s1. The SMILES string of the molecule is CC(C)(C)[Si](C)(C)OC[C@]1(C#N)O[C@H](n2cnc3c(N)nc(N)nc32)C[C@H]1O[Si](C)(C)C(C)(C)C. The monoisotopic (exact) mass is 519 g/mol. The molecule has 4 N–H and O–H groups in total. The molecule has 0 spiro atoms. The van der Waals surface area contributed by atoms with E-state index in [2.05, 4.69) is 88.8 Å². The molecule has 2 aromatic heterocycles. The Hall–Kier alpha value is -2.05. The van der Waals surface area contributed by atoms with E-state index in [0.29, 0.717) is 17.6 Å². The first-order valence-electron chi connectivity index (χ1n) is 12.0. The van der Waals surface area contributed by atoms with E-state index in [1.807, 2.05) is 0 Å².